The number of carbonyl (C=O) groups is 1. The van der Waals surface area contributed by atoms with Crippen LogP contribution in [0.15, 0.2) is 47.4 Å². The normalized spacial score (nSPS) is 16.7. The van der Waals surface area contributed by atoms with E-state index in [1.165, 1.54) is 30.3 Å². The zero-order valence-corrected chi connectivity index (χ0v) is 15.7. The van der Waals surface area contributed by atoms with E-state index in [9.17, 15) is 18.0 Å². The van der Waals surface area contributed by atoms with Crippen molar-refractivity contribution in [3.8, 4) is 0 Å². The van der Waals surface area contributed by atoms with Crippen LogP contribution in [-0.4, -0.2) is 23.0 Å². The number of carboxylic acid groups (broad SMARTS) is 1. The molecular weight excluding hydrogens is 373 g/mol. The number of carboxylic acids is 1. The second kappa shape index (κ2) is 7.08. The lowest BCUT2D eigenvalue weighted by molar-refractivity contribution is -0.0683. The maximum atomic E-state index is 13.8. The number of rotatable bonds is 3. The SMILES string of the molecule is CC1(C)CCSc2ccc(/C(=C\c3ccc(C(=O)O)cc3)C(F)(F)F)cc21. The number of thioether (sulfide) groups is 1. The molecule has 1 heterocycles. The number of hydrogen-bond acceptors (Lipinski definition) is 2. The van der Waals surface area contributed by atoms with Crippen LogP contribution in [0.5, 0.6) is 0 Å². The molecule has 0 aliphatic carbocycles. The smallest absolute Gasteiger partial charge is 0.417 e. The molecule has 0 saturated carbocycles. The van der Waals surface area contributed by atoms with Crippen molar-refractivity contribution in [1.29, 1.82) is 0 Å². The second-order valence-corrected chi connectivity index (χ2v) is 8.31. The van der Waals surface area contributed by atoms with Gasteiger partial charge in [0.25, 0.3) is 0 Å². The minimum atomic E-state index is -4.52. The Kier molecular flexibility index (Phi) is 5.12. The van der Waals surface area contributed by atoms with Crippen LogP contribution in [0.25, 0.3) is 11.6 Å². The highest BCUT2D eigenvalue weighted by Crippen LogP contribution is 2.44. The van der Waals surface area contributed by atoms with Gasteiger partial charge in [-0.2, -0.15) is 13.2 Å². The molecule has 1 aliphatic rings. The molecule has 1 aliphatic heterocycles. The number of halogens is 3. The van der Waals surface area contributed by atoms with E-state index < -0.39 is 17.7 Å². The second-order valence-electron chi connectivity index (χ2n) is 7.18. The van der Waals surface area contributed by atoms with E-state index in [1.807, 2.05) is 0 Å². The van der Waals surface area contributed by atoms with Crippen molar-refractivity contribution in [2.75, 3.05) is 5.75 Å². The van der Waals surface area contributed by atoms with E-state index in [2.05, 4.69) is 13.8 Å². The van der Waals surface area contributed by atoms with Gasteiger partial charge in [0.2, 0.25) is 0 Å². The van der Waals surface area contributed by atoms with E-state index in [0.717, 1.165) is 28.7 Å². The first kappa shape index (κ1) is 19.5. The zero-order chi connectivity index (χ0) is 19.8. The quantitative estimate of drug-likeness (QED) is 0.626. The topological polar surface area (TPSA) is 37.3 Å². The third-order valence-electron chi connectivity index (χ3n) is 4.78. The van der Waals surface area contributed by atoms with Crippen molar-refractivity contribution in [3.63, 3.8) is 0 Å². The summed E-state index contributed by atoms with van der Waals surface area (Å²) in [4.78, 5) is 11.9. The van der Waals surface area contributed by atoms with E-state index in [4.69, 9.17) is 5.11 Å². The molecule has 0 spiro atoms. The number of benzene rings is 2. The highest BCUT2D eigenvalue weighted by atomic mass is 32.2. The van der Waals surface area contributed by atoms with Crippen molar-refractivity contribution in [1.82, 2.24) is 0 Å². The third-order valence-corrected chi connectivity index (χ3v) is 5.85. The Morgan fingerprint density at radius 3 is 2.33 bits per heavy atom. The molecule has 0 aromatic heterocycles. The van der Waals surface area contributed by atoms with Gasteiger partial charge in [-0.1, -0.05) is 32.0 Å². The number of aromatic carboxylic acids is 1. The predicted octanol–water partition coefficient (Wildman–Crippen LogP) is 6.26. The first-order valence-corrected chi connectivity index (χ1v) is 9.46. The van der Waals surface area contributed by atoms with Gasteiger partial charge in [0.15, 0.2) is 0 Å². The molecule has 0 saturated heterocycles. The van der Waals surface area contributed by atoms with Gasteiger partial charge in [0.1, 0.15) is 0 Å². The molecule has 142 valence electrons. The average Bonchev–Trinajstić information content (AvgIpc) is 2.59. The van der Waals surface area contributed by atoms with Crippen LogP contribution in [0.4, 0.5) is 13.2 Å². The monoisotopic (exact) mass is 392 g/mol. The van der Waals surface area contributed by atoms with Gasteiger partial charge in [-0.05, 0) is 64.6 Å². The molecule has 1 N–H and O–H groups in total. The van der Waals surface area contributed by atoms with Crippen molar-refractivity contribution in [2.45, 2.75) is 36.8 Å². The Hall–Kier alpha value is -2.21. The molecule has 0 bridgehead atoms. The molecule has 2 nitrogen and oxygen atoms in total. The lowest BCUT2D eigenvalue weighted by Crippen LogP contribution is -2.23. The molecule has 0 atom stereocenters. The molecule has 0 fully saturated rings. The lowest BCUT2D eigenvalue weighted by Gasteiger charge is -2.32. The largest absolute Gasteiger partial charge is 0.478 e. The number of hydrogen-bond donors (Lipinski definition) is 1. The summed E-state index contributed by atoms with van der Waals surface area (Å²) in [6.45, 7) is 4.11. The van der Waals surface area contributed by atoms with Gasteiger partial charge in [0, 0.05) is 4.90 Å². The summed E-state index contributed by atoms with van der Waals surface area (Å²) in [6, 6.07) is 10.3. The van der Waals surface area contributed by atoms with Gasteiger partial charge >= 0.3 is 12.1 Å². The Balaban J connectivity index is 2.07. The van der Waals surface area contributed by atoms with Crippen LogP contribution >= 0.6 is 11.8 Å². The Morgan fingerprint density at radius 1 is 1.11 bits per heavy atom. The summed E-state index contributed by atoms with van der Waals surface area (Å²) < 4.78 is 41.3. The summed E-state index contributed by atoms with van der Waals surface area (Å²) in [7, 11) is 0. The predicted molar refractivity (Wildman–Crippen MR) is 102 cm³/mol. The molecule has 3 rings (SSSR count). The fourth-order valence-electron chi connectivity index (χ4n) is 3.12. The maximum absolute atomic E-state index is 13.8. The Bertz CT molecular complexity index is 897. The summed E-state index contributed by atoms with van der Waals surface area (Å²) in [5.74, 6) is -0.159. The van der Waals surface area contributed by atoms with Gasteiger partial charge in [-0.25, -0.2) is 4.79 Å². The van der Waals surface area contributed by atoms with Crippen LogP contribution in [0.1, 0.15) is 47.3 Å². The molecule has 0 radical (unpaired) electrons. The van der Waals surface area contributed by atoms with E-state index in [-0.39, 0.29) is 16.5 Å². The van der Waals surface area contributed by atoms with Gasteiger partial charge in [-0.15, -0.1) is 11.8 Å². The zero-order valence-electron chi connectivity index (χ0n) is 14.9. The maximum Gasteiger partial charge on any atom is 0.417 e. The summed E-state index contributed by atoms with van der Waals surface area (Å²) in [5.41, 5.74) is 0.495. The molecule has 27 heavy (non-hydrogen) atoms. The fraction of sp³-hybridized carbons (Fsp3) is 0.286. The number of allylic oxidation sites excluding steroid dienone is 1. The van der Waals surface area contributed by atoms with Crippen LogP contribution in [0, 0.1) is 0 Å². The van der Waals surface area contributed by atoms with Crippen LogP contribution in [0.3, 0.4) is 0 Å². The average molecular weight is 392 g/mol. The van der Waals surface area contributed by atoms with Gasteiger partial charge in [0.05, 0.1) is 11.1 Å². The van der Waals surface area contributed by atoms with Crippen LogP contribution < -0.4 is 0 Å². The van der Waals surface area contributed by atoms with E-state index in [1.54, 1.807) is 23.9 Å². The van der Waals surface area contributed by atoms with Gasteiger partial charge < -0.3 is 5.11 Å². The first-order valence-electron chi connectivity index (χ1n) is 8.48. The van der Waals surface area contributed by atoms with Crippen LogP contribution in [-0.2, 0) is 5.41 Å². The Morgan fingerprint density at radius 2 is 1.74 bits per heavy atom. The van der Waals surface area contributed by atoms with Crippen molar-refractivity contribution in [2.24, 2.45) is 0 Å². The molecule has 6 heteroatoms. The van der Waals surface area contributed by atoms with E-state index in [0.29, 0.717) is 5.56 Å². The fourth-order valence-corrected chi connectivity index (χ4v) is 4.61. The molecule has 0 amide bonds. The Labute approximate surface area is 160 Å². The summed E-state index contributed by atoms with van der Waals surface area (Å²) >= 11 is 1.67. The first-order chi connectivity index (χ1) is 12.6. The van der Waals surface area contributed by atoms with Gasteiger partial charge in [-0.3, -0.25) is 0 Å². The summed E-state index contributed by atoms with van der Waals surface area (Å²) in [5, 5.41) is 8.93. The number of alkyl halides is 3. The molecule has 0 unspecified atom stereocenters. The minimum absolute atomic E-state index is 0.0354. The van der Waals surface area contributed by atoms with E-state index >= 15 is 0 Å². The molecular formula is C21H19F3O2S. The minimum Gasteiger partial charge on any atom is -0.478 e. The van der Waals surface area contributed by atoms with Crippen molar-refractivity contribution < 1.29 is 23.1 Å². The third kappa shape index (κ3) is 4.21. The molecule has 2 aromatic rings. The lowest BCUT2D eigenvalue weighted by atomic mass is 9.80. The molecule has 2 aromatic carbocycles. The standard InChI is InChI=1S/C21H19F3O2S/c1-20(2)9-10-27-18-8-7-15(12-17(18)20)16(21(22,23)24)11-13-3-5-14(6-4-13)19(25)26/h3-8,11-12H,9-10H2,1-2H3,(H,25,26)/b16-11+. The number of fused-ring (bicyclic) bond motifs is 1. The summed E-state index contributed by atoms with van der Waals surface area (Å²) in [6.07, 6.45) is -2.54. The van der Waals surface area contributed by atoms with Crippen LogP contribution in [0.2, 0.25) is 0 Å². The highest BCUT2D eigenvalue weighted by Gasteiger charge is 2.36. The van der Waals surface area contributed by atoms with Crippen molar-refractivity contribution >= 4 is 29.4 Å². The van der Waals surface area contributed by atoms with Crippen molar-refractivity contribution in [3.05, 3.63) is 64.7 Å². The highest BCUT2D eigenvalue weighted by molar-refractivity contribution is 7.99.